The molecule has 4 rings (SSSR count). The maximum atomic E-state index is 12.9. The second-order valence-corrected chi connectivity index (χ2v) is 6.89. The molecular weight excluding hydrogens is 368 g/mol. The van der Waals surface area contributed by atoms with E-state index in [9.17, 15) is 9.59 Å². The Morgan fingerprint density at radius 2 is 1.86 bits per heavy atom. The van der Waals surface area contributed by atoms with Crippen LogP contribution in [0.15, 0.2) is 76.3 Å². The standard InChI is InChI=1S/C22H20N4O3/c1-15(26-14-23-19-11-7-6-10-18(19)22(26)28)21(27)25(2)13-17-12-20(24-29-17)16-8-4-3-5-9-16/h3-12,14-15H,13H2,1-2H3. The largest absolute Gasteiger partial charge is 0.359 e. The van der Waals surface area contributed by atoms with Crippen molar-refractivity contribution in [2.45, 2.75) is 19.5 Å². The van der Waals surface area contributed by atoms with Gasteiger partial charge in [0.2, 0.25) is 5.91 Å². The molecule has 4 aromatic rings. The number of hydrogen-bond donors (Lipinski definition) is 0. The lowest BCUT2D eigenvalue weighted by atomic mass is 10.1. The van der Waals surface area contributed by atoms with Crippen LogP contribution in [-0.2, 0) is 11.3 Å². The number of aromatic nitrogens is 3. The summed E-state index contributed by atoms with van der Waals surface area (Å²) in [6.07, 6.45) is 1.42. The summed E-state index contributed by atoms with van der Waals surface area (Å²) in [6, 6.07) is 17.9. The van der Waals surface area contributed by atoms with Crippen LogP contribution < -0.4 is 5.56 Å². The highest BCUT2D eigenvalue weighted by molar-refractivity contribution is 5.81. The van der Waals surface area contributed by atoms with Gasteiger partial charge in [0.25, 0.3) is 5.56 Å². The van der Waals surface area contributed by atoms with Gasteiger partial charge in [-0.2, -0.15) is 0 Å². The van der Waals surface area contributed by atoms with Crippen LogP contribution in [0.1, 0.15) is 18.7 Å². The van der Waals surface area contributed by atoms with Crippen LogP contribution in [0.3, 0.4) is 0 Å². The number of amides is 1. The first kappa shape index (κ1) is 18.6. The lowest BCUT2D eigenvalue weighted by molar-refractivity contribution is -0.133. The Labute approximate surface area is 167 Å². The molecule has 0 aliphatic rings. The molecule has 0 radical (unpaired) electrons. The van der Waals surface area contributed by atoms with Crippen molar-refractivity contribution in [3.63, 3.8) is 0 Å². The van der Waals surface area contributed by atoms with Crippen LogP contribution in [0, 0.1) is 0 Å². The Hall–Kier alpha value is -3.74. The van der Waals surface area contributed by atoms with Gasteiger partial charge < -0.3 is 9.42 Å². The number of fused-ring (bicyclic) bond motifs is 1. The van der Waals surface area contributed by atoms with Crippen molar-refractivity contribution in [1.82, 2.24) is 19.6 Å². The number of para-hydroxylation sites is 1. The number of hydrogen-bond acceptors (Lipinski definition) is 5. The molecule has 0 aliphatic heterocycles. The summed E-state index contributed by atoms with van der Waals surface area (Å²) in [5.74, 6) is 0.345. The van der Waals surface area contributed by atoms with E-state index < -0.39 is 6.04 Å². The van der Waals surface area contributed by atoms with Crippen LogP contribution in [-0.4, -0.2) is 32.6 Å². The molecule has 7 nitrogen and oxygen atoms in total. The van der Waals surface area contributed by atoms with E-state index in [1.54, 1.807) is 32.2 Å². The van der Waals surface area contributed by atoms with E-state index in [2.05, 4.69) is 10.1 Å². The third-order valence-electron chi connectivity index (χ3n) is 4.86. The minimum Gasteiger partial charge on any atom is -0.359 e. The van der Waals surface area contributed by atoms with Gasteiger partial charge in [0, 0.05) is 18.7 Å². The van der Waals surface area contributed by atoms with Crippen LogP contribution >= 0.6 is 0 Å². The maximum absolute atomic E-state index is 12.9. The molecule has 0 spiro atoms. The predicted octanol–water partition coefficient (Wildman–Crippen LogP) is 3.27. The minimum absolute atomic E-state index is 0.221. The smallest absolute Gasteiger partial charge is 0.261 e. The van der Waals surface area contributed by atoms with Crippen LogP contribution in [0.5, 0.6) is 0 Å². The molecule has 0 saturated carbocycles. The van der Waals surface area contributed by atoms with E-state index in [1.165, 1.54) is 15.8 Å². The summed E-state index contributed by atoms with van der Waals surface area (Å²) in [5, 5.41) is 4.56. The van der Waals surface area contributed by atoms with Gasteiger partial charge >= 0.3 is 0 Å². The average molecular weight is 388 g/mol. The van der Waals surface area contributed by atoms with E-state index in [0.717, 1.165) is 5.56 Å². The van der Waals surface area contributed by atoms with Crippen molar-refractivity contribution in [2.24, 2.45) is 0 Å². The molecule has 2 aromatic heterocycles. The average Bonchev–Trinajstić information content (AvgIpc) is 3.22. The number of nitrogens with zero attached hydrogens (tertiary/aromatic N) is 4. The van der Waals surface area contributed by atoms with Gasteiger partial charge in [-0.05, 0) is 19.1 Å². The highest BCUT2D eigenvalue weighted by Crippen LogP contribution is 2.20. The second-order valence-electron chi connectivity index (χ2n) is 6.89. The fraction of sp³-hybridized carbons (Fsp3) is 0.182. The normalized spacial score (nSPS) is 12.1. The first-order valence-corrected chi connectivity index (χ1v) is 9.26. The van der Waals surface area contributed by atoms with Gasteiger partial charge in [-0.25, -0.2) is 4.98 Å². The quantitative estimate of drug-likeness (QED) is 0.524. The Balaban J connectivity index is 1.52. The molecule has 0 saturated heterocycles. The number of benzene rings is 2. The van der Waals surface area contributed by atoms with Crippen LogP contribution in [0.4, 0.5) is 0 Å². The van der Waals surface area contributed by atoms with Gasteiger partial charge in [-0.1, -0.05) is 47.6 Å². The Kier molecular flexibility index (Phi) is 4.95. The summed E-state index contributed by atoms with van der Waals surface area (Å²) in [4.78, 5) is 31.4. The summed E-state index contributed by atoms with van der Waals surface area (Å²) in [5.41, 5.74) is 2.02. The highest BCUT2D eigenvalue weighted by atomic mass is 16.5. The van der Waals surface area contributed by atoms with Crippen molar-refractivity contribution < 1.29 is 9.32 Å². The molecule has 0 fully saturated rings. The summed E-state index contributed by atoms with van der Waals surface area (Å²) >= 11 is 0. The first-order valence-electron chi connectivity index (χ1n) is 9.26. The van der Waals surface area contributed by atoms with E-state index in [4.69, 9.17) is 4.52 Å². The fourth-order valence-electron chi connectivity index (χ4n) is 3.24. The molecule has 7 heteroatoms. The molecule has 146 valence electrons. The Bertz CT molecular complexity index is 1210. The molecule has 0 bridgehead atoms. The van der Waals surface area contributed by atoms with Gasteiger partial charge in [-0.3, -0.25) is 14.2 Å². The summed E-state index contributed by atoms with van der Waals surface area (Å²) in [7, 11) is 1.67. The van der Waals surface area contributed by atoms with Crippen molar-refractivity contribution in [1.29, 1.82) is 0 Å². The molecule has 2 heterocycles. The second kappa shape index (κ2) is 7.71. The molecule has 29 heavy (non-hydrogen) atoms. The number of carbonyl (C=O) groups excluding carboxylic acids is 1. The van der Waals surface area contributed by atoms with Crippen molar-refractivity contribution in [3.05, 3.63) is 83.1 Å². The van der Waals surface area contributed by atoms with E-state index >= 15 is 0 Å². The maximum Gasteiger partial charge on any atom is 0.261 e. The van der Waals surface area contributed by atoms with Gasteiger partial charge in [-0.15, -0.1) is 0 Å². The Morgan fingerprint density at radius 3 is 2.66 bits per heavy atom. The summed E-state index contributed by atoms with van der Waals surface area (Å²) < 4.78 is 6.74. The van der Waals surface area contributed by atoms with E-state index in [0.29, 0.717) is 22.4 Å². The zero-order valence-corrected chi connectivity index (χ0v) is 16.1. The molecular formula is C22H20N4O3. The first-order chi connectivity index (χ1) is 14.0. The fourth-order valence-corrected chi connectivity index (χ4v) is 3.24. The number of carbonyl (C=O) groups is 1. The topological polar surface area (TPSA) is 81.2 Å². The van der Waals surface area contributed by atoms with Gasteiger partial charge in [0.1, 0.15) is 11.7 Å². The van der Waals surface area contributed by atoms with Crippen LogP contribution in [0.2, 0.25) is 0 Å². The lowest BCUT2D eigenvalue weighted by Crippen LogP contribution is -2.36. The number of likely N-dealkylation sites (N-methyl/N-ethyl adjacent to an activating group) is 1. The highest BCUT2D eigenvalue weighted by Gasteiger charge is 2.22. The molecule has 1 unspecified atom stereocenters. The monoisotopic (exact) mass is 388 g/mol. The van der Waals surface area contributed by atoms with E-state index in [-0.39, 0.29) is 18.0 Å². The third-order valence-corrected chi connectivity index (χ3v) is 4.86. The SMILES string of the molecule is CC(C(=O)N(C)Cc1cc(-c2ccccc2)no1)n1cnc2ccccc2c1=O. The number of rotatable bonds is 5. The third kappa shape index (κ3) is 3.67. The summed E-state index contributed by atoms with van der Waals surface area (Å²) in [6.45, 7) is 1.94. The molecule has 1 amide bonds. The minimum atomic E-state index is -0.693. The molecule has 0 N–H and O–H groups in total. The molecule has 0 aliphatic carbocycles. The van der Waals surface area contributed by atoms with Gasteiger partial charge in [0.15, 0.2) is 5.76 Å². The van der Waals surface area contributed by atoms with Crippen molar-refractivity contribution >= 4 is 16.8 Å². The predicted molar refractivity (Wildman–Crippen MR) is 109 cm³/mol. The van der Waals surface area contributed by atoms with E-state index in [1.807, 2.05) is 42.5 Å². The Morgan fingerprint density at radius 1 is 1.14 bits per heavy atom. The molecule has 2 aromatic carbocycles. The van der Waals surface area contributed by atoms with Crippen LogP contribution in [0.25, 0.3) is 22.2 Å². The van der Waals surface area contributed by atoms with Crippen molar-refractivity contribution in [3.8, 4) is 11.3 Å². The van der Waals surface area contributed by atoms with Gasteiger partial charge in [0.05, 0.1) is 23.8 Å². The lowest BCUT2D eigenvalue weighted by Gasteiger charge is -2.21. The zero-order chi connectivity index (χ0) is 20.4. The molecule has 1 atom stereocenters. The zero-order valence-electron chi connectivity index (χ0n) is 16.1. The van der Waals surface area contributed by atoms with Crippen molar-refractivity contribution in [2.75, 3.05) is 7.05 Å².